The Balaban J connectivity index is 2.17. The molecule has 0 fully saturated rings. The van der Waals surface area contributed by atoms with Crippen molar-refractivity contribution in [2.45, 2.75) is 6.92 Å². The molecule has 5 heteroatoms. The second-order valence-corrected chi connectivity index (χ2v) is 4.23. The van der Waals surface area contributed by atoms with Gasteiger partial charge in [0.2, 0.25) is 0 Å². The molecule has 0 aliphatic rings. The molecule has 0 aromatic heterocycles. The Morgan fingerprint density at radius 1 is 1.10 bits per heavy atom. The molecule has 2 aromatic carbocycles. The van der Waals surface area contributed by atoms with Crippen LogP contribution >= 0.6 is 0 Å². The highest BCUT2D eigenvalue weighted by atomic mass is 16.5. The maximum atomic E-state index is 12.0. The summed E-state index contributed by atoms with van der Waals surface area (Å²) in [6, 6.07) is 12.9. The molecular weight excluding hydrogens is 256 g/mol. The van der Waals surface area contributed by atoms with Crippen LogP contribution in [0.25, 0.3) is 0 Å². The van der Waals surface area contributed by atoms with Gasteiger partial charge in [0.25, 0.3) is 0 Å². The van der Waals surface area contributed by atoms with E-state index in [1.165, 1.54) is 6.07 Å². The van der Waals surface area contributed by atoms with Gasteiger partial charge < -0.3 is 15.8 Å². The minimum absolute atomic E-state index is 0.333. The van der Waals surface area contributed by atoms with E-state index in [2.05, 4.69) is 5.32 Å². The Morgan fingerprint density at radius 2 is 1.85 bits per heavy atom. The van der Waals surface area contributed by atoms with Crippen LogP contribution in [0.2, 0.25) is 0 Å². The normalized spacial score (nSPS) is 9.85. The van der Waals surface area contributed by atoms with Gasteiger partial charge in [0.1, 0.15) is 5.75 Å². The van der Waals surface area contributed by atoms with Gasteiger partial charge in [0, 0.05) is 5.69 Å². The summed E-state index contributed by atoms with van der Waals surface area (Å²) in [6.07, 6.45) is 0. The van der Waals surface area contributed by atoms with Gasteiger partial charge in [0.15, 0.2) is 0 Å². The molecule has 0 aliphatic heterocycles. The van der Waals surface area contributed by atoms with E-state index in [0.29, 0.717) is 17.0 Å². The summed E-state index contributed by atoms with van der Waals surface area (Å²) in [5.41, 5.74) is 6.67. The van der Waals surface area contributed by atoms with Crippen molar-refractivity contribution in [3.63, 3.8) is 0 Å². The number of aryl methyl sites for hydroxylation is 1. The van der Waals surface area contributed by atoms with Crippen molar-refractivity contribution >= 4 is 17.7 Å². The molecule has 5 nitrogen and oxygen atoms in total. The summed E-state index contributed by atoms with van der Waals surface area (Å²) in [5.74, 6) is 0.0122. The van der Waals surface area contributed by atoms with Gasteiger partial charge in [0.05, 0.1) is 5.56 Å². The van der Waals surface area contributed by atoms with Crippen LogP contribution in [0.1, 0.15) is 15.9 Å². The predicted octanol–water partition coefficient (Wildman–Crippen LogP) is 2.70. The number of amides is 2. The first-order chi connectivity index (χ1) is 9.56. The maximum Gasteiger partial charge on any atom is 0.343 e. The van der Waals surface area contributed by atoms with Crippen LogP contribution in [0.15, 0.2) is 48.5 Å². The summed E-state index contributed by atoms with van der Waals surface area (Å²) >= 11 is 0. The van der Waals surface area contributed by atoms with E-state index in [1.807, 2.05) is 19.1 Å². The molecule has 0 saturated heterocycles. The number of ether oxygens (including phenoxy) is 1. The van der Waals surface area contributed by atoms with Crippen molar-refractivity contribution in [3.05, 3.63) is 59.7 Å². The van der Waals surface area contributed by atoms with E-state index >= 15 is 0 Å². The number of urea groups is 1. The topological polar surface area (TPSA) is 81.4 Å². The van der Waals surface area contributed by atoms with Gasteiger partial charge in [-0.15, -0.1) is 0 Å². The van der Waals surface area contributed by atoms with Crippen molar-refractivity contribution in [3.8, 4) is 5.75 Å². The summed E-state index contributed by atoms with van der Waals surface area (Å²) < 4.78 is 5.31. The second kappa shape index (κ2) is 5.88. The van der Waals surface area contributed by atoms with Gasteiger partial charge in [-0.25, -0.2) is 9.59 Å². The highest BCUT2D eigenvalue weighted by Gasteiger charge is 2.10. The number of nitrogens with one attached hydrogen (secondary N) is 1. The maximum absolute atomic E-state index is 12.0. The first kappa shape index (κ1) is 13.6. The quantitative estimate of drug-likeness (QED) is 0.664. The number of para-hydroxylation sites is 1. The van der Waals surface area contributed by atoms with Crippen LogP contribution in [0.5, 0.6) is 5.75 Å². The molecule has 0 bridgehead atoms. The molecule has 2 aromatic rings. The number of nitrogens with two attached hydrogens (primary N) is 1. The van der Waals surface area contributed by atoms with Crippen LogP contribution in [0.3, 0.4) is 0 Å². The highest BCUT2D eigenvalue weighted by Crippen LogP contribution is 2.19. The van der Waals surface area contributed by atoms with Gasteiger partial charge in [-0.3, -0.25) is 0 Å². The van der Waals surface area contributed by atoms with E-state index in [9.17, 15) is 9.59 Å². The third-order valence-electron chi connectivity index (χ3n) is 2.66. The van der Waals surface area contributed by atoms with Crippen LogP contribution in [0.4, 0.5) is 10.5 Å². The molecule has 0 spiro atoms. The fourth-order valence-electron chi connectivity index (χ4n) is 1.70. The zero-order valence-electron chi connectivity index (χ0n) is 10.9. The Bertz CT molecular complexity index is 653. The van der Waals surface area contributed by atoms with Crippen molar-refractivity contribution in [1.29, 1.82) is 0 Å². The average molecular weight is 270 g/mol. The zero-order chi connectivity index (χ0) is 14.5. The van der Waals surface area contributed by atoms with Crippen LogP contribution in [-0.2, 0) is 0 Å². The third-order valence-corrected chi connectivity index (χ3v) is 2.66. The number of primary amides is 1. The molecule has 0 radical (unpaired) electrons. The summed E-state index contributed by atoms with van der Waals surface area (Å²) in [4.78, 5) is 22.8. The number of rotatable bonds is 3. The number of carbonyl (C=O) groups excluding carboxylic acids is 2. The molecule has 2 amide bonds. The molecular formula is C15H14N2O3. The number of hydrogen-bond acceptors (Lipinski definition) is 3. The lowest BCUT2D eigenvalue weighted by Gasteiger charge is -2.08. The molecule has 102 valence electrons. The minimum Gasteiger partial charge on any atom is -0.423 e. The zero-order valence-corrected chi connectivity index (χ0v) is 10.9. The fourth-order valence-corrected chi connectivity index (χ4v) is 1.70. The lowest BCUT2D eigenvalue weighted by molar-refractivity contribution is 0.0733. The van der Waals surface area contributed by atoms with E-state index in [0.717, 1.165) is 5.56 Å². The number of hydrogen-bond donors (Lipinski definition) is 2. The van der Waals surface area contributed by atoms with Gasteiger partial charge in [-0.05, 0) is 36.8 Å². The Kier molecular flexibility index (Phi) is 4.00. The largest absolute Gasteiger partial charge is 0.423 e. The van der Waals surface area contributed by atoms with Gasteiger partial charge in [-0.1, -0.05) is 24.3 Å². The summed E-state index contributed by atoms with van der Waals surface area (Å²) in [5, 5.41) is 2.41. The lowest BCUT2D eigenvalue weighted by Crippen LogP contribution is -2.19. The molecule has 20 heavy (non-hydrogen) atoms. The molecule has 0 saturated carbocycles. The third kappa shape index (κ3) is 3.35. The van der Waals surface area contributed by atoms with Crippen molar-refractivity contribution in [2.24, 2.45) is 5.73 Å². The minimum atomic E-state index is -0.686. The fraction of sp³-hybridized carbons (Fsp3) is 0.0667. The van der Waals surface area contributed by atoms with Gasteiger partial charge >= 0.3 is 12.0 Å². The molecule has 0 heterocycles. The smallest absolute Gasteiger partial charge is 0.343 e. The van der Waals surface area contributed by atoms with E-state index in [1.54, 1.807) is 30.3 Å². The molecule has 0 aliphatic carbocycles. The molecule has 0 unspecified atom stereocenters. The summed E-state index contributed by atoms with van der Waals surface area (Å²) in [7, 11) is 0. The molecule has 0 atom stereocenters. The number of esters is 1. The number of benzene rings is 2. The molecule has 2 rings (SSSR count). The Morgan fingerprint density at radius 3 is 2.55 bits per heavy atom. The standard InChI is InChI=1S/C15H14N2O3/c1-10-5-2-3-8-13(10)20-14(18)11-6-4-7-12(9-11)17-15(16)19/h2-9H,1H3,(H3,16,17,19). The first-order valence-electron chi connectivity index (χ1n) is 6.00. The lowest BCUT2D eigenvalue weighted by atomic mass is 10.2. The Labute approximate surface area is 116 Å². The van der Waals surface area contributed by atoms with Crippen molar-refractivity contribution in [1.82, 2.24) is 0 Å². The van der Waals surface area contributed by atoms with Crippen LogP contribution in [-0.4, -0.2) is 12.0 Å². The SMILES string of the molecule is Cc1ccccc1OC(=O)c1cccc(NC(N)=O)c1. The van der Waals surface area contributed by atoms with E-state index < -0.39 is 12.0 Å². The molecule has 3 N–H and O–H groups in total. The van der Waals surface area contributed by atoms with E-state index in [4.69, 9.17) is 10.5 Å². The van der Waals surface area contributed by atoms with Crippen LogP contribution < -0.4 is 15.8 Å². The summed E-state index contributed by atoms with van der Waals surface area (Å²) in [6.45, 7) is 1.85. The van der Waals surface area contributed by atoms with Crippen molar-refractivity contribution in [2.75, 3.05) is 5.32 Å². The average Bonchev–Trinajstić information content (AvgIpc) is 2.41. The first-order valence-corrected chi connectivity index (χ1v) is 6.00. The number of carbonyl (C=O) groups is 2. The highest BCUT2D eigenvalue weighted by molar-refractivity contribution is 5.94. The second-order valence-electron chi connectivity index (χ2n) is 4.23. The van der Waals surface area contributed by atoms with Gasteiger partial charge in [-0.2, -0.15) is 0 Å². The predicted molar refractivity (Wildman–Crippen MR) is 75.8 cm³/mol. The monoisotopic (exact) mass is 270 g/mol. The van der Waals surface area contributed by atoms with Crippen molar-refractivity contribution < 1.29 is 14.3 Å². The van der Waals surface area contributed by atoms with E-state index in [-0.39, 0.29) is 0 Å². The number of anilines is 1. The Hall–Kier alpha value is -2.82. The van der Waals surface area contributed by atoms with Crippen LogP contribution in [0, 0.1) is 6.92 Å².